The number of ether oxygens (including phenoxy) is 2. The molecule has 0 unspecified atom stereocenters. The maximum Gasteiger partial charge on any atom is 0.341 e. The van der Waals surface area contributed by atoms with E-state index in [2.05, 4.69) is 11.3 Å². The molecule has 0 atom stereocenters. The molecule has 0 aliphatic rings. The lowest BCUT2D eigenvalue weighted by Gasteiger charge is -2.11. The molecule has 1 aromatic carbocycles. The fourth-order valence-electron chi connectivity index (χ4n) is 1.33. The number of nitrogens with two attached hydrogens (primary N) is 1. The first kappa shape index (κ1) is 14.5. The quantitative estimate of drug-likeness (QED) is 0.287. The van der Waals surface area contributed by atoms with Crippen molar-refractivity contribution in [1.29, 1.82) is 0 Å². The Morgan fingerprint density at radius 3 is 2.63 bits per heavy atom. The Balaban J connectivity index is 3.27. The van der Waals surface area contributed by atoms with Gasteiger partial charge in [-0.2, -0.15) is 0 Å². The predicted octanol–water partition coefficient (Wildman–Crippen LogP) is 1.92. The van der Waals surface area contributed by atoms with Crippen LogP contribution in [0.4, 0.5) is 11.4 Å². The Morgan fingerprint density at radius 2 is 2.16 bits per heavy atom. The van der Waals surface area contributed by atoms with Gasteiger partial charge in [0.25, 0.3) is 5.69 Å². The summed E-state index contributed by atoms with van der Waals surface area (Å²) in [6, 6.07) is 2.27. The highest BCUT2D eigenvalue weighted by molar-refractivity contribution is 5.94. The number of methoxy groups -OCH3 is 1. The fraction of sp³-hybridized carbons (Fsp3) is 0.250. The second kappa shape index (κ2) is 5.85. The lowest BCUT2D eigenvalue weighted by molar-refractivity contribution is -0.383. The molecule has 102 valence electrons. The number of nitrogens with zero attached hydrogens (tertiary/aromatic N) is 1. The number of benzene rings is 1. The highest BCUT2D eigenvalue weighted by Gasteiger charge is 2.22. The molecule has 0 aliphatic heterocycles. The second-order valence-electron chi connectivity index (χ2n) is 3.90. The first-order chi connectivity index (χ1) is 8.86. The van der Waals surface area contributed by atoms with E-state index in [9.17, 15) is 14.9 Å². The summed E-state index contributed by atoms with van der Waals surface area (Å²) in [5.74, 6) is -0.613. The van der Waals surface area contributed by atoms with Gasteiger partial charge in [-0.15, -0.1) is 0 Å². The van der Waals surface area contributed by atoms with Gasteiger partial charge in [0.05, 0.1) is 12.0 Å². The number of rotatable bonds is 5. The minimum absolute atomic E-state index is 0.0512. The molecule has 0 saturated carbocycles. The minimum atomic E-state index is -0.736. The van der Waals surface area contributed by atoms with Gasteiger partial charge in [-0.3, -0.25) is 10.1 Å². The maximum absolute atomic E-state index is 11.6. The van der Waals surface area contributed by atoms with Crippen molar-refractivity contribution in [3.05, 3.63) is 40.0 Å². The number of hydrogen-bond donors (Lipinski definition) is 1. The topological polar surface area (TPSA) is 105 Å². The minimum Gasteiger partial charge on any atom is -0.488 e. The number of nitro groups is 1. The first-order valence-electron chi connectivity index (χ1n) is 5.30. The summed E-state index contributed by atoms with van der Waals surface area (Å²) in [5, 5.41) is 10.8. The monoisotopic (exact) mass is 266 g/mol. The summed E-state index contributed by atoms with van der Waals surface area (Å²) in [6.07, 6.45) is 0. The normalized spacial score (nSPS) is 9.79. The number of hydrogen-bond acceptors (Lipinski definition) is 6. The number of nitro benzene ring substituents is 1. The van der Waals surface area contributed by atoms with E-state index in [0.717, 1.165) is 11.6 Å². The number of nitrogen functional groups attached to an aromatic ring is 1. The molecule has 0 saturated heterocycles. The zero-order chi connectivity index (χ0) is 14.6. The molecule has 0 aromatic heterocycles. The highest BCUT2D eigenvalue weighted by atomic mass is 16.6. The third kappa shape index (κ3) is 3.44. The van der Waals surface area contributed by atoms with Gasteiger partial charge in [0.2, 0.25) is 0 Å². The average molecular weight is 266 g/mol. The van der Waals surface area contributed by atoms with Crippen LogP contribution in [0.25, 0.3) is 0 Å². The van der Waals surface area contributed by atoms with E-state index in [-0.39, 0.29) is 29.3 Å². The predicted molar refractivity (Wildman–Crippen MR) is 69.2 cm³/mol. The van der Waals surface area contributed by atoms with E-state index in [1.807, 2.05) is 0 Å². The Hall–Kier alpha value is -2.57. The largest absolute Gasteiger partial charge is 0.488 e. The molecule has 0 bridgehead atoms. The average Bonchev–Trinajstić information content (AvgIpc) is 2.34. The van der Waals surface area contributed by atoms with Crippen molar-refractivity contribution in [2.45, 2.75) is 6.92 Å². The summed E-state index contributed by atoms with van der Waals surface area (Å²) >= 11 is 0. The lowest BCUT2D eigenvalue weighted by Crippen LogP contribution is -2.09. The Morgan fingerprint density at radius 1 is 1.53 bits per heavy atom. The molecule has 0 heterocycles. The summed E-state index contributed by atoms with van der Waals surface area (Å²) < 4.78 is 9.89. The molecule has 1 aromatic rings. The van der Waals surface area contributed by atoms with Crippen molar-refractivity contribution in [1.82, 2.24) is 0 Å². The summed E-state index contributed by atoms with van der Waals surface area (Å²) in [4.78, 5) is 21.7. The van der Waals surface area contributed by atoms with Crippen molar-refractivity contribution in [2.75, 3.05) is 19.5 Å². The fourth-order valence-corrected chi connectivity index (χ4v) is 1.33. The maximum atomic E-state index is 11.6. The van der Waals surface area contributed by atoms with Crippen LogP contribution in [0.15, 0.2) is 24.3 Å². The highest BCUT2D eigenvalue weighted by Crippen LogP contribution is 2.31. The van der Waals surface area contributed by atoms with E-state index in [1.54, 1.807) is 6.92 Å². The lowest BCUT2D eigenvalue weighted by atomic mass is 10.1. The van der Waals surface area contributed by atoms with Crippen molar-refractivity contribution in [3.63, 3.8) is 0 Å². The van der Waals surface area contributed by atoms with Gasteiger partial charge in [-0.25, -0.2) is 4.79 Å². The van der Waals surface area contributed by atoms with Crippen LogP contribution in [0.1, 0.15) is 17.3 Å². The number of esters is 1. The molecule has 0 amide bonds. The van der Waals surface area contributed by atoms with Crippen LogP contribution >= 0.6 is 0 Å². The van der Waals surface area contributed by atoms with Crippen LogP contribution in [0.3, 0.4) is 0 Å². The molecule has 7 nitrogen and oxygen atoms in total. The molecule has 0 spiro atoms. The van der Waals surface area contributed by atoms with Crippen LogP contribution in [0.2, 0.25) is 0 Å². The van der Waals surface area contributed by atoms with Gasteiger partial charge in [-0.05, 0) is 12.5 Å². The Kier molecular flexibility index (Phi) is 4.46. The molecule has 2 N–H and O–H groups in total. The van der Waals surface area contributed by atoms with E-state index in [4.69, 9.17) is 10.5 Å². The molecule has 1 rings (SSSR count). The van der Waals surface area contributed by atoms with Gasteiger partial charge < -0.3 is 15.2 Å². The van der Waals surface area contributed by atoms with Crippen molar-refractivity contribution < 1.29 is 19.2 Å². The number of carbonyl (C=O) groups is 1. The summed E-state index contributed by atoms with van der Waals surface area (Å²) in [5.41, 5.74) is 5.76. The second-order valence-corrected chi connectivity index (χ2v) is 3.90. The third-order valence-corrected chi connectivity index (χ3v) is 2.20. The van der Waals surface area contributed by atoms with Crippen LogP contribution in [0, 0.1) is 10.1 Å². The van der Waals surface area contributed by atoms with Crippen LogP contribution in [-0.2, 0) is 4.74 Å². The molecular formula is C12H14N2O5. The zero-order valence-corrected chi connectivity index (χ0v) is 10.6. The third-order valence-electron chi connectivity index (χ3n) is 2.20. The van der Waals surface area contributed by atoms with E-state index >= 15 is 0 Å². The molecule has 7 heteroatoms. The van der Waals surface area contributed by atoms with Crippen LogP contribution in [0.5, 0.6) is 5.75 Å². The molecule has 0 fully saturated rings. The SMILES string of the molecule is C=C(C)COc1cc(N)c([N+](=O)[O-])cc1C(=O)OC. The Labute approximate surface area is 109 Å². The van der Waals surface area contributed by atoms with Crippen molar-refractivity contribution in [3.8, 4) is 5.75 Å². The van der Waals surface area contributed by atoms with Gasteiger partial charge in [0.1, 0.15) is 23.6 Å². The van der Waals surface area contributed by atoms with E-state index < -0.39 is 10.9 Å². The Bertz CT molecular complexity index is 539. The molecule has 19 heavy (non-hydrogen) atoms. The molecule has 0 aliphatic carbocycles. The molecular weight excluding hydrogens is 252 g/mol. The molecule has 0 radical (unpaired) electrons. The standard InChI is InChI=1S/C12H14N2O5/c1-7(2)6-19-11-5-9(13)10(14(16)17)4-8(11)12(15)18-3/h4-5H,1,6,13H2,2-3H3. The summed E-state index contributed by atoms with van der Waals surface area (Å²) in [6.45, 7) is 5.56. The van der Waals surface area contributed by atoms with Gasteiger partial charge in [0.15, 0.2) is 0 Å². The number of carbonyl (C=O) groups excluding carboxylic acids is 1. The van der Waals surface area contributed by atoms with Gasteiger partial charge in [-0.1, -0.05) is 6.58 Å². The first-order valence-corrected chi connectivity index (χ1v) is 5.30. The zero-order valence-electron chi connectivity index (χ0n) is 10.6. The number of anilines is 1. The van der Waals surface area contributed by atoms with E-state index in [0.29, 0.717) is 0 Å². The van der Waals surface area contributed by atoms with Crippen molar-refractivity contribution in [2.24, 2.45) is 0 Å². The van der Waals surface area contributed by atoms with Crippen molar-refractivity contribution >= 4 is 17.3 Å². The smallest absolute Gasteiger partial charge is 0.341 e. The van der Waals surface area contributed by atoms with E-state index in [1.165, 1.54) is 13.2 Å². The summed E-state index contributed by atoms with van der Waals surface area (Å²) in [7, 11) is 1.17. The van der Waals surface area contributed by atoms with Crippen LogP contribution < -0.4 is 10.5 Å². The van der Waals surface area contributed by atoms with Gasteiger partial charge >= 0.3 is 5.97 Å². The van der Waals surface area contributed by atoms with Crippen LogP contribution in [-0.4, -0.2) is 24.6 Å². The van der Waals surface area contributed by atoms with Gasteiger partial charge in [0, 0.05) is 12.1 Å².